The highest BCUT2D eigenvalue weighted by molar-refractivity contribution is 5.63. The van der Waals surface area contributed by atoms with Crippen LogP contribution in [0.2, 0.25) is 0 Å². The van der Waals surface area contributed by atoms with Crippen LogP contribution in [0.4, 0.5) is 11.4 Å². The fourth-order valence-corrected chi connectivity index (χ4v) is 3.47. The van der Waals surface area contributed by atoms with Gasteiger partial charge in [0.25, 0.3) is 0 Å². The molecular formula is C17H18N2. The molecule has 2 N–H and O–H groups in total. The van der Waals surface area contributed by atoms with Crippen molar-refractivity contribution in [1.82, 2.24) is 0 Å². The average molecular weight is 250 g/mol. The van der Waals surface area contributed by atoms with Gasteiger partial charge < -0.3 is 10.6 Å². The van der Waals surface area contributed by atoms with Gasteiger partial charge in [-0.1, -0.05) is 24.3 Å². The van der Waals surface area contributed by atoms with E-state index in [1.54, 1.807) is 5.56 Å². The summed E-state index contributed by atoms with van der Waals surface area (Å²) in [5.74, 6) is 0.708. The number of rotatable bonds is 2. The molecule has 96 valence electrons. The Hall–Kier alpha value is -1.96. The molecule has 0 saturated carbocycles. The molecule has 4 rings (SSSR count). The Labute approximate surface area is 113 Å². The van der Waals surface area contributed by atoms with E-state index in [4.69, 9.17) is 5.73 Å². The van der Waals surface area contributed by atoms with Gasteiger partial charge >= 0.3 is 0 Å². The normalized spacial score (nSPS) is 19.8. The lowest BCUT2D eigenvalue weighted by Crippen LogP contribution is -2.32. The van der Waals surface area contributed by atoms with E-state index in [-0.39, 0.29) is 0 Å². The summed E-state index contributed by atoms with van der Waals surface area (Å²) in [5.41, 5.74) is 12.6. The fraction of sp³-hybridized carbons (Fsp3) is 0.294. The van der Waals surface area contributed by atoms with Crippen molar-refractivity contribution in [3.05, 3.63) is 59.2 Å². The predicted molar refractivity (Wildman–Crippen MR) is 79.7 cm³/mol. The first kappa shape index (κ1) is 10.9. The second-order valence-corrected chi connectivity index (χ2v) is 5.68. The lowest BCUT2D eigenvalue weighted by molar-refractivity contribution is 0.590. The van der Waals surface area contributed by atoms with Gasteiger partial charge in [-0.25, -0.2) is 0 Å². The largest absolute Gasteiger partial charge is 0.399 e. The summed E-state index contributed by atoms with van der Waals surface area (Å²) >= 11 is 0. The second-order valence-electron chi connectivity index (χ2n) is 5.68. The first-order valence-corrected chi connectivity index (χ1v) is 7.02. The standard InChI is InChI=1S/C17H18N2/c18-15-5-6-17-13(10-15)7-8-19(17)11-14-9-12-3-1-2-4-16(12)14/h1-6,10,14H,7-9,11,18H2. The molecule has 1 aliphatic heterocycles. The molecule has 19 heavy (non-hydrogen) atoms. The van der Waals surface area contributed by atoms with E-state index in [1.165, 1.54) is 23.2 Å². The van der Waals surface area contributed by atoms with Gasteiger partial charge in [-0.05, 0) is 47.7 Å². The third kappa shape index (κ3) is 1.71. The molecule has 2 heteroatoms. The molecule has 0 fully saturated rings. The molecule has 0 aromatic heterocycles. The molecule has 2 aromatic carbocycles. The molecule has 1 heterocycles. The Morgan fingerprint density at radius 1 is 1.11 bits per heavy atom. The number of hydrogen-bond acceptors (Lipinski definition) is 2. The maximum atomic E-state index is 5.86. The van der Waals surface area contributed by atoms with Crippen molar-refractivity contribution in [3.63, 3.8) is 0 Å². The third-order valence-electron chi connectivity index (χ3n) is 4.50. The van der Waals surface area contributed by atoms with E-state index in [0.717, 1.165) is 25.2 Å². The zero-order valence-electron chi connectivity index (χ0n) is 11.0. The van der Waals surface area contributed by atoms with Gasteiger partial charge in [0, 0.05) is 30.4 Å². The first-order valence-electron chi connectivity index (χ1n) is 7.02. The van der Waals surface area contributed by atoms with Crippen molar-refractivity contribution in [2.24, 2.45) is 0 Å². The Morgan fingerprint density at radius 2 is 2.00 bits per heavy atom. The highest BCUT2D eigenvalue weighted by Crippen LogP contribution is 2.38. The number of hydrogen-bond donors (Lipinski definition) is 1. The monoisotopic (exact) mass is 250 g/mol. The molecule has 1 unspecified atom stereocenters. The van der Waals surface area contributed by atoms with Crippen LogP contribution in [0.3, 0.4) is 0 Å². The quantitative estimate of drug-likeness (QED) is 0.830. The van der Waals surface area contributed by atoms with E-state index in [2.05, 4.69) is 41.3 Å². The van der Waals surface area contributed by atoms with Crippen LogP contribution in [0.5, 0.6) is 0 Å². The minimum absolute atomic E-state index is 0.708. The molecule has 1 atom stereocenters. The van der Waals surface area contributed by atoms with Gasteiger partial charge in [-0.2, -0.15) is 0 Å². The smallest absolute Gasteiger partial charge is 0.0401 e. The first-order chi connectivity index (χ1) is 9.31. The molecule has 0 amide bonds. The van der Waals surface area contributed by atoms with Crippen LogP contribution in [0.15, 0.2) is 42.5 Å². The van der Waals surface area contributed by atoms with E-state index < -0.39 is 0 Å². The van der Waals surface area contributed by atoms with Gasteiger partial charge in [-0.15, -0.1) is 0 Å². The molecule has 0 spiro atoms. The lowest BCUT2D eigenvalue weighted by atomic mass is 9.77. The Bertz CT molecular complexity index is 633. The molecule has 2 aromatic rings. The number of anilines is 2. The number of fused-ring (bicyclic) bond motifs is 2. The van der Waals surface area contributed by atoms with Crippen LogP contribution in [-0.2, 0) is 12.8 Å². The SMILES string of the molecule is Nc1ccc2c(c1)CCN2CC1Cc2ccccc21. The van der Waals surface area contributed by atoms with E-state index >= 15 is 0 Å². The zero-order chi connectivity index (χ0) is 12.8. The van der Waals surface area contributed by atoms with Crippen LogP contribution >= 0.6 is 0 Å². The van der Waals surface area contributed by atoms with Crippen LogP contribution in [0.1, 0.15) is 22.6 Å². The molecule has 0 saturated heterocycles. The van der Waals surface area contributed by atoms with E-state index in [9.17, 15) is 0 Å². The molecule has 1 aliphatic carbocycles. The maximum Gasteiger partial charge on any atom is 0.0401 e. The fourth-order valence-electron chi connectivity index (χ4n) is 3.47. The third-order valence-corrected chi connectivity index (χ3v) is 4.50. The number of nitrogens with two attached hydrogens (primary N) is 1. The Kier molecular flexibility index (Phi) is 2.31. The van der Waals surface area contributed by atoms with Crippen molar-refractivity contribution in [3.8, 4) is 0 Å². The summed E-state index contributed by atoms with van der Waals surface area (Å²) < 4.78 is 0. The number of nitrogens with zero attached hydrogens (tertiary/aromatic N) is 1. The highest BCUT2D eigenvalue weighted by Gasteiger charge is 2.29. The lowest BCUT2D eigenvalue weighted by Gasteiger charge is -2.34. The maximum absolute atomic E-state index is 5.86. The zero-order valence-corrected chi connectivity index (χ0v) is 11.0. The molecule has 0 bridgehead atoms. The number of nitrogen functional groups attached to an aromatic ring is 1. The molecule has 2 aliphatic rings. The van der Waals surface area contributed by atoms with Gasteiger partial charge in [0.2, 0.25) is 0 Å². The average Bonchev–Trinajstić information content (AvgIpc) is 2.78. The van der Waals surface area contributed by atoms with Crippen molar-refractivity contribution >= 4 is 11.4 Å². The van der Waals surface area contributed by atoms with Crippen LogP contribution in [-0.4, -0.2) is 13.1 Å². The highest BCUT2D eigenvalue weighted by atomic mass is 15.1. The Balaban J connectivity index is 1.55. The summed E-state index contributed by atoms with van der Waals surface area (Å²) in [6.07, 6.45) is 2.37. The van der Waals surface area contributed by atoms with Crippen LogP contribution in [0, 0.1) is 0 Å². The minimum Gasteiger partial charge on any atom is -0.399 e. The topological polar surface area (TPSA) is 29.3 Å². The predicted octanol–water partition coefficient (Wildman–Crippen LogP) is 2.97. The van der Waals surface area contributed by atoms with E-state index in [1.807, 2.05) is 6.07 Å². The van der Waals surface area contributed by atoms with Gasteiger partial charge in [0.15, 0.2) is 0 Å². The van der Waals surface area contributed by atoms with Crippen LogP contribution < -0.4 is 10.6 Å². The number of benzene rings is 2. The van der Waals surface area contributed by atoms with Crippen molar-refractivity contribution in [2.45, 2.75) is 18.8 Å². The summed E-state index contributed by atoms with van der Waals surface area (Å²) in [4.78, 5) is 2.52. The summed E-state index contributed by atoms with van der Waals surface area (Å²) in [6, 6.07) is 15.2. The molecular weight excluding hydrogens is 232 g/mol. The molecule has 0 radical (unpaired) electrons. The van der Waals surface area contributed by atoms with Gasteiger partial charge in [-0.3, -0.25) is 0 Å². The van der Waals surface area contributed by atoms with Crippen molar-refractivity contribution in [2.75, 3.05) is 23.7 Å². The summed E-state index contributed by atoms with van der Waals surface area (Å²) in [5, 5.41) is 0. The van der Waals surface area contributed by atoms with Gasteiger partial charge in [0.05, 0.1) is 0 Å². The van der Waals surface area contributed by atoms with Crippen molar-refractivity contribution < 1.29 is 0 Å². The second kappa shape index (κ2) is 4.02. The van der Waals surface area contributed by atoms with Crippen LogP contribution in [0.25, 0.3) is 0 Å². The molecule has 2 nitrogen and oxygen atoms in total. The minimum atomic E-state index is 0.708. The summed E-state index contributed by atoms with van der Waals surface area (Å²) in [6.45, 7) is 2.28. The van der Waals surface area contributed by atoms with Crippen molar-refractivity contribution in [1.29, 1.82) is 0 Å². The van der Waals surface area contributed by atoms with E-state index in [0.29, 0.717) is 5.92 Å². The van der Waals surface area contributed by atoms with Gasteiger partial charge in [0.1, 0.15) is 0 Å². The summed E-state index contributed by atoms with van der Waals surface area (Å²) in [7, 11) is 0. The Morgan fingerprint density at radius 3 is 2.89 bits per heavy atom.